The minimum absolute atomic E-state index is 0.115. The quantitative estimate of drug-likeness (QED) is 0.854. The van der Waals surface area contributed by atoms with Gasteiger partial charge in [-0.05, 0) is 37.8 Å². The SMILES string of the molecule is Cc1cc(C)n(CC(C)CNC(=O)CCc2ccccc2)n1. The Morgan fingerprint density at radius 2 is 2.00 bits per heavy atom. The molecule has 0 spiro atoms. The van der Waals surface area contributed by atoms with E-state index in [1.807, 2.05) is 29.8 Å². The molecule has 1 heterocycles. The number of aryl methyl sites for hydroxylation is 3. The topological polar surface area (TPSA) is 46.9 Å². The molecule has 0 aliphatic carbocycles. The van der Waals surface area contributed by atoms with Gasteiger partial charge >= 0.3 is 0 Å². The van der Waals surface area contributed by atoms with Gasteiger partial charge in [-0.2, -0.15) is 5.10 Å². The van der Waals surface area contributed by atoms with Crippen molar-refractivity contribution in [3.05, 3.63) is 53.3 Å². The Morgan fingerprint density at radius 1 is 1.27 bits per heavy atom. The lowest BCUT2D eigenvalue weighted by atomic mass is 10.1. The van der Waals surface area contributed by atoms with E-state index < -0.39 is 0 Å². The number of aromatic nitrogens is 2. The first-order valence-electron chi connectivity index (χ1n) is 7.86. The summed E-state index contributed by atoms with van der Waals surface area (Å²) in [6.45, 7) is 7.71. The zero-order valence-electron chi connectivity index (χ0n) is 13.7. The van der Waals surface area contributed by atoms with Crippen LogP contribution in [0.5, 0.6) is 0 Å². The van der Waals surface area contributed by atoms with Crippen LogP contribution in [0.4, 0.5) is 0 Å². The number of carbonyl (C=O) groups is 1. The maximum absolute atomic E-state index is 11.9. The van der Waals surface area contributed by atoms with Crippen molar-refractivity contribution < 1.29 is 4.79 Å². The monoisotopic (exact) mass is 299 g/mol. The lowest BCUT2D eigenvalue weighted by Gasteiger charge is -2.14. The highest BCUT2D eigenvalue weighted by molar-refractivity contribution is 5.76. The van der Waals surface area contributed by atoms with Crippen LogP contribution in [-0.4, -0.2) is 22.2 Å². The Bertz CT molecular complexity index is 604. The molecule has 0 saturated carbocycles. The summed E-state index contributed by atoms with van der Waals surface area (Å²) >= 11 is 0. The molecular weight excluding hydrogens is 274 g/mol. The molecule has 118 valence electrons. The number of hydrogen-bond donors (Lipinski definition) is 1. The lowest BCUT2D eigenvalue weighted by molar-refractivity contribution is -0.121. The number of benzene rings is 1. The molecule has 2 rings (SSSR count). The van der Waals surface area contributed by atoms with Gasteiger partial charge in [0.2, 0.25) is 5.91 Å². The molecule has 1 aromatic heterocycles. The molecule has 0 bridgehead atoms. The normalized spacial score (nSPS) is 12.1. The molecule has 1 N–H and O–H groups in total. The van der Waals surface area contributed by atoms with Crippen molar-refractivity contribution >= 4 is 5.91 Å². The zero-order valence-corrected chi connectivity index (χ0v) is 13.7. The Kier molecular flexibility index (Phi) is 5.75. The third-order valence-electron chi connectivity index (χ3n) is 3.72. The Balaban J connectivity index is 1.70. The molecular formula is C18H25N3O. The van der Waals surface area contributed by atoms with Crippen molar-refractivity contribution in [2.24, 2.45) is 5.92 Å². The zero-order chi connectivity index (χ0) is 15.9. The van der Waals surface area contributed by atoms with E-state index >= 15 is 0 Å². The summed E-state index contributed by atoms with van der Waals surface area (Å²) in [6.07, 6.45) is 1.33. The molecule has 1 amide bonds. The molecule has 0 fully saturated rings. The predicted octanol–water partition coefficient (Wildman–Crippen LogP) is 2.89. The van der Waals surface area contributed by atoms with E-state index in [0.717, 1.165) is 18.7 Å². The van der Waals surface area contributed by atoms with Crippen LogP contribution in [0.2, 0.25) is 0 Å². The van der Waals surface area contributed by atoms with E-state index in [0.29, 0.717) is 18.9 Å². The van der Waals surface area contributed by atoms with Gasteiger partial charge in [0.25, 0.3) is 0 Å². The van der Waals surface area contributed by atoms with E-state index in [1.54, 1.807) is 0 Å². The highest BCUT2D eigenvalue weighted by Gasteiger charge is 2.09. The van der Waals surface area contributed by atoms with Crippen LogP contribution >= 0.6 is 0 Å². The average molecular weight is 299 g/mol. The molecule has 1 unspecified atom stereocenters. The first-order valence-corrected chi connectivity index (χ1v) is 7.86. The molecule has 0 aliphatic heterocycles. The summed E-state index contributed by atoms with van der Waals surface area (Å²) in [4.78, 5) is 11.9. The van der Waals surface area contributed by atoms with Crippen molar-refractivity contribution in [2.45, 2.75) is 40.2 Å². The van der Waals surface area contributed by atoms with E-state index in [2.05, 4.69) is 42.5 Å². The third-order valence-corrected chi connectivity index (χ3v) is 3.72. The second kappa shape index (κ2) is 7.78. The summed E-state index contributed by atoms with van der Waals surface area (Å²) < 4.78 is 2.01. The third kappa shape index (κ3) is 5.02. The Labute approximate surface area is 132 Å². The molecule has 2 aromatic rings. The fourth-order valence-electron chi connectivity index (χ4n) is 2.50. The van der Waals surface area contributed by atoms with Crippen LogP contribution in [0.1, 0.15) is 30.3 Å². The number of rotatable bonds is 7. The fourth-order valence-corrected chi connectivity index (χ4v) is 2.50. The van der Waals surface area contributed by atoms with Crippen LogP contribution in [0.15, 0.2) is 36.4 Å². The van der Waals surface area contributed by atoms with Gasteiger partial charge in [0, 0.05) is 25.2 Å². The number of nitrogens with one attached hydrogen (secondary N) is 1. The molecule has 22 heavy (non-hydrogen) atoms. The van der Waals surface area contributed by atoms with E-state index in [1.165, 1.54) is 11.3 Å². The van der Waals surface area contributed by atoms with Crippen molar-refractivity contribution in [1.29, 1.82) is 0 Å². The van der Waals surface area contributed by atoms with Gasteiger partial charge in [0.05, 0.1) is 5.69 Å². The Morgan fingerprint density at radius 3 is 2.64 bits per heavy atom. The van der Waals surface area contributed by atoms with Crippen molar-refractivity contribution in [3.8, 4) is 0 Å². The van der Waals surface area contributed by atoms with Crippen LogP contribution in [0, 0.1) is 19.8 Å². The molecule has 0 aliphatic rings. The number of carbonyl (C=O) groups excluding carboxylic acids is 1. The smallest absolute Gasteiger partial charge is 0.220 e. The predicted molar refractivity (Wildman–Crippen MR) is 88.6 cm³/mol. The first-order chi connectivity index (χ1) is 10.5. The van der Waals surface area contributed by atoms with Crippen LogP contribution < -0.4 is 5.32 Å². The lowest BCUT2D eigenvalue weighted by Crippen LogP contribution is -2.30. The van der Waals surface area contributed by atoms with Gasteiger partial charge in [0.1, 0.15) is 0 Å². The summed E-state index contributed by atoms with van der Waals surface area (Å²) in [6, 6.07) is 12.2. The Hall–Kier alpha value is -2.10. The van der Waals surface area contributed by atoms with Crippen molar-refractivity contribution in [2.75, 3.05) is 6.54 Å². The standard InChI is InChI=1S/C18H25N3O/c1-14(13-21-16(3)11-15(2)20-21)12-19-18(22)10-9-17-7-5-4-6-8-17/h4-8,11,14H,9-10,12-13H2,1-3H3,(H,19,22). The fraction of sp³-hybridized carbons (Fsp3) is 0.444. The molecule has 4 heteroatoms. The van der Waals surface area contributed by atoms with Gasteiger partial charge in [-0.1, -0.05) is 37.3 Å². The van der Waals surface area contributed by atoms with Crippen molar-refractivity contribution in [3.63, 3.8) is 0 Å². The minimum Gasteiger partial charge on any atom is -0.356 e. The second-order valence-corrected chi connectivity index (χ2v) is 6.00. The summed E-state index contributed by atoms with van der Waals surface area (Å²) in [7, 11) is 0. The van der Waals surface area contributed by atoms with Gasteiger partial charge in [0.15, 0.2) is 0 Å². The van der Waals surface area contributed by atoms with E-state index in [4.69, 9.17) is 0 Å². The van der Waals surface area contributed by atoms with Gasteiger partial charge in [-0.15, -0.1) is 0 Å². The maximum atomic E-state index is 11.9. The largest absolute Gasteiger partial charge is 0.356 e. The number of nitrogens with zero attached hydrogens (tertiary/aromatic N) is 2. The second-order valence-electron chi connectivity index (χ2n) is 6.00. The molecule has 0 radical (unpaired) electrons. The highest BCUT2D eigenvalue weighted by atomic mass is 16.1. The minimum atomic E-state index is 0.115. The molecule has 0 saturated heterocycles. The summed E-state index contributed by atoms with van der Waals surface area (Å²) in [5.41, 5.74) is 3.41. The van der Waals surface area contributed by atoms with Crippen LogP contribution in [0.25, 0.3) is 0 Å². The summed E-state index contributed by atoms with van der Waals surface area (Å²) in [5.74, 6) is 0.475. The van der Waals surface area contributed by atoms with E-state index in [-0.39, 0.29) is 5.91 Å². The maximum Gasteiger partial charge on any atom is 0.220 e. The van der Waals surface area contributed by atoms with E-state index in [9.17, 15) is 4.79 Å². The molecule has 4 nitrogen and oxygen atoms in total. The number of amides is 1. The highest BCUT2D eigenvalue weighted by Crippen LogP contribution is 2.06. The summed E-state index contributed by atoms with van der Waals surface area (Å²) in [5, 5.41) is 7.48. The van der Waals surface area contributed by atoms with Gasteiger partial charge in [-0.3, -0.25) is 9.48 Å². The number of hydrogen-bond acceptors (Lipinski definition) is 2. The van der Waals surface area contributed by atoms with Crippen molar-refractivity contribution in [1.82, 2.24) is 15.1 Å². The van der Waals surface area contributed by atoms with Crippen LogP contribution in [-0.2, 0) is 17.8 Å². The average Bonchev–Trinajstić information content (AvgIpc) is 2.82. The van der Waals surface area contributed by atoms with Gasteiger partial charge in [-0.25, -0.2) is 0 Å². The van der Waals surface area contributed by atoms with Gasteiger partial charge < -0.3 is 5.32 Å². The first kappa shape index (κ1) is 16.3. The molecule has 1 atom stereocenters. The van der Waals surface area contributed by atoms with Crippen LogP contribution in [0.3, 0.4) is 0 Å². The molecule has 1 aromatic carbocycles.